The first kappa shape index (κ1) is 16.5. The van der Waals surface area contributed by atoms with Gasteiger partial charge in [-0.1, -0.05) is 41.6 Å². The van der Waals surface area contributed by atoms with E-state index in [4.69, 9.17) is 14.0 Å². The third-order valence-corrected chi connectivity index (χ3v) is 3.17. The van der Waals surface area contributed by atoms with Gasteiger partial charge in [-0.15, -0.1) is 0 Å². The van der Waals surface area contributed by atoms with Gasteiger partial charge in [-0.3, -0.25) is 4.79 Å². The van der Waals surface area contributed by atoms with E-state index in [0.717, 1.165) is 0 Å². The summed E-state index contributed by atoms with van der Waals surface area (Å²) in [5.41, 5.74) is 0. The molecule has 0 fully saturated rings. The third-order valence-electron chi connectivity index (χ3n) is 3.17. The number of nitrogens with one attached hydrogen (secondary N) is 1. The zero-order valence-electron chi connectivity index (χ0n) is 13.4. The van der Waals surface area contributed by atoms with Gasteiger partial charge in [-0.2, -0.15) is 4.98 Å². The predicted octanol–water partition coefficient (Wildman–Crippen LogP) is 2.34. The average Bonchev–Trinajstić information content (AvgIpc) is 3.13. The van der Waals surface area contributed by atoms with Crippen LogP contribution in [-0.2, 0) is 17.9 Å². The molecule has 0 radical (unpaired) electrons. The van der Waals surface area contributed by atoms with E-state index in [0.29, 0.717) is 23.2 Å². The molecule has 3 aromatic rings. The summed E-state index contributed by atoms with van der Waals surface area (Å²) < 4.78 is 15.9. The van der Waals surface area contributed by atoms with Crippen LogP contribution in [-0.4, -0.2) is 22.7 Å². The molecule has 0 spiro atoms. The van der Waals surface area contributed by atoms with Crippen molar-refractivity contribution in [3.05, 3.63) is 72.4 Å². The van der Waals surface area contributed by atoms with Crippen LogP contribution in [0.3, 0.4) is 0 Å². The molecule has 0 unspecified atom stereocenters. The zero-order chi connectivity index (χ0) is 17.3. The van der Waals surface area contributed by atoms with Gasteiger partial charge in [0.25, 0.3) is 11.8 Å². The first-order valence-electron chi connectivity index (χ1n) is 7.73. The van der Waals surface area contributed by atoms with Crippen LogP contribution < -0.4 is 14.8 Å². The van der Waals surface area contributed by atoms with Crippen LogP contribution >= 0.6 is 0 Å². The summed E-state index contributed by atoms with van der Waals surface area (Å²) in [5.74, 6) is 1.80. The summed E-state index contributed by atoms with van der Waals surface area (Å²) in [7, 11) is 0. The molecule has 0 aliphatic rings. The quantitative estimate of drug-likeness (QED) is 0.678. The van der Waals surface area contributed by atoms with Crippen LogP contribution in [0.5, 0.6) is 11.5 Å². The van der Waals surface area contributed by atoms with E-state index >= 15 is 0 Å². The highest BCUT2D eigenvalue weighted by atomic mass is 16.5. The highest BCUT2D eigenvalue weighted by Crippen LogP contribution is 2.11. The number of nitrogens with zero attached hydrogens (tertiary/aromatic N) is 2. The number of carbonyl (C=O) groups is 1. The van der Waals surface area contributed by atoms with E-state index in [9.17, 15) is 4.79 Å². The van der Waals surface area contributed by atoms with Gasteiger partial charge in [-0.25, -0.2) is 0 Å². The number of aromatic nitrogens is 2. The van der Waals surface area contributed by atoms with Crippen molar-refractivity contribution in [2.45, 2.75) is 13.2 Å². The minimum atomic E-state index is -0.268. The molecule has 0 saturated carbocycles. The number of benzene rings is 2. The van der Waals surface area contributed by atoms with Gasteiger partial charge in [0.2, 0.25) is 0 Å². The number of hydrogen-bond acceptors (Lipinski definition) is 6. The highest BCUT2D eigenvalue weighted by molar-refractivity contribution is 5.77. The van der Waals surface area contributed by atoms with Crippen molar-refractivity contribution in [2.24, 2.45) is 0 Å². The summed E-state index contributed by atoms with van der Waals surface area (Å²) in [4.78, 5) is 15.9. The summed E-state index contributed by atoms with van der Waals surface area (Å²) in [6, 6.07) is 18.5. The molecule has 1 aromatic heterocycles. The van der Waals surface area contributed by atoms with Crippen LogP contribution in [0.1, 0.15) is 11.7 Å². The molecule has 0 aliphatic heterocycles. The lowest BCUT2D eigenvalue weighted by molar-refractivity contribution is -0.123. The Hall–Kier alpha value is -3.35. The van der Waals surface area contributed by atoms with Crippen LogP contribution in [0.25, 0.3) is 0 Å². The fraction of sp³-hybridized carbons (Fsp3) is 0.167. The molecule has 1 heterocycles. The molecule has 0 bridgehead atoms. The van der Waals surface area contributed by atoms with Crippen LogP contribution in [0.2, 0.25) is 0 Å². The molecular formula is C18H17N3O4. The SMILES string of the molecule is O=C(COc1ccccc1)NCc1noc(COc2ccccc2)n1. The molecule has 0 aliphatic carbocycles. The lowest BCUT2D eigenvalue weighted by Crippen LogP contribution is -2.28. The predicted molar refractivity (Wildman–Crippen MR) is 88.9 cm³/mol. The lowest BCUT2D eigenvalue weighted by Gasteiger charge is -2.05. The maximum absolute atomic E-state index is 11.8. The van der Waals surface area contributed by atoms with E-state index in [1.54, 1.807) is 12.1 Å². The largest absolute Gasteiger partial charge is 0.484 e. The van der Waals surface area contributed by atoms with E-state index in [1.807, 2.05) is 48.5 Å². The summed E-state index contributed by atoms with van der Waals surface area (Å²) >= 11 is 0. The van der Waals surface area contributed by atoms with Crippen molar-refractivity contribution in [2.75, 3.05) is 6.61 Å². The van der Waals surface area contributed by atoms with Crippen molar-refractivity contribution in [3.63, 3.8) is 0 Å². The molecule has 128 valence electrons. The molecule has 1 amide bonds. The molecule has 0 atom stereocenters. The second-order valence-corrected chi connectivity index (χ2v) is 5.08. The number of ether oxygens (including phenoxy) is 2. The Morgan fingerprint density at radius 3 is 2.28 bits per heavy atom. The highest BCUT2D eigenvalue weighted by Gasteiger charge is 2.09. The van der Waals surface area contributed by atoms with Gasteiger partial charge in [0, 0.05) is 0 Å². The smallest absolute Gasteiger partial charge is 0.264 e. The number of rotatable bonds is 8. The van der Waals surface area contributed by atoms with E-state index in [1.165, 1.54) is 0 Å². The van der Waals surface area contributed by atoms with Gasteiger partial charge in [0.05, 0.1) is 6.54 Å². The normalized spacial score (nSPS) is 10.2. The second-order valence-electron chi connectivity index (χ2n) is 5.08. The Balaban J connectivity index is 1.40. The van der Waals surface area contributed by atoms with E-state index in [-0.39, 0.29) is 25.7 Å². The van der Waals surface area contributed by atoms with Crippen molar-refractivity contribution in [3.8, 4) is 11.5 Å². The van der Waals surface area contributed by atoms with Crippen molar-refractivity contribution in [1.29, 1.82) is 0 Å². The summed E-state index contributed by atoms with van der Waals surface area (Å²) in [5, 5.41) is 6.46. The Kier molecular flexibility index (Phi) is 5.60. The first-order chi connectivity index (χ1) is 12.3. The summed E-state index contributed by atoms with van der Waals surface area (Å²) in [6.45, 7) is 0.250. The van der Waals surface area contributed by atoms with Crippen LogP contribution in [0.4, 0.5) is 0 Å². The minimum absolute atomic E-state index is 0.0775. The van der Waals surface area contributed by atoms with Crippen LogP contribution in [0.15, 0.2) is 65.2 Å². The molecule has 7 heteroatoms. The third kappa shape index (κ3) is 5.35. The van der Waals surface area contributed by atoms with Crippen molar-refractivity contribution in [1.82, 2.24) is 15.5 Å². The number of hydrogen-bond donors (Lipinski definition) is 1. The molecule has 2 aromatic carbocycles. The Labute approximate surface area is 144 Å². The number of carbonyl (C=O) groups excluding carboxylic acids is 1. The first-order valence-corrected chi connectivity index (χ1v) is 7.73. The molecule has 0 saturated heterocycles. The van der Waals surface area contributed by atoms with Crippen molar-refractivity contribution < 1.29 is 18.8 Å². The van der Waals surface area contributed by atoms with E-state index in [2.05, 4.69) is 15.5 Å². The molecule has 1 N–H and O–H groups in total. The van der Waals surface area contributed by atoms with Gasteiger partial charge in [0.1, 0.15) is 11.5 Å². The van der Waals surface area contributed by atoms with Gasteiger partial charge in [0.15, 0.2) is 19.0 Å². The Bertz CT molecular complexity index is 790. The average molecular weight is 339 g/mol. The van der Waals surface area contributed by atoms with Gasteiger partial charge >= 0.3 is 0 Å². The summed E-state index contributed by atoms with van der Waals surface area (Å²) in [6.07, 6.45) is 0. The monoisotopic (exact) mass is 339 g/mol. The maximum atomic E-state index is 11.8. The second kappa shape index (κ2) is 8.49. The molecule has 3 rings (SSSR count). The number of amides is 1. The topological polar surface area (TPSA) is 86.5 Å². The Morgan fingerprint density at radius 2 is 1.60 bits per heavy atom. The fourth-order valence-electron chi connectivity index (χ4n) is 1.98. The van der Waals surface area contributed by atoms with Crippen molar-refractivity contribution >= 4 is 5.91 Å². The zero-order valence-corrected chi connectivity index (χ0v) is 13.4. The lowest BCUT2D eigenvalue weighted by atomic mass is 10.3. The maximum Gasteiger partial charge on any atom is 0.264 e. The fourth-order valence-corrected chi connectivity index (χ4v) is 1.98. The molecule has 25 heavy (non-hydrogen) atoms. The minimum Gasteiger partial charge on any atom is -0.484 e. The van der Waals surface area contributed by atoms with Gasteiger partial charge in [-0.05, 0) is 24.3 Å². The standard InChI is InChI=1S/C18H17N3O4/c22-17(12-23-14-7-3-1-4-8-14)19-11-16-20-18(25-21-16)13-24-15-9-5-2-6-10-15/h1-10H,11-13H2,(H,19,22). The van der Waals surface area contributed by atoms with Gasteiger partial charge < -0.3 is 19.3 Å². The number of para-hydroxylation sites is 2. The van der Waals surface area contributed by atoms with E-state index < -0.39 is 0 Å². The Morgan fingerprint density at radius 1 is 0.960 bits per heavy atom. The molecular weight excluding hydrogens is 322 g/mol. The van der Waals surface area contributed by atoms with Crippen LogP contribution in [0, 0.1) is 0 Å². The molecule has 7 nitrogen and oxygen atoms in total.